The zero-order valence-electron chi connectivity index (χ0n) is 12.5. The Bertz CT molecular complexity index is 823. The third-order valence-corrected chi connectivity index (χ3v) is 4.70. The van der Waals surface area contributed by atoms with Crippen molar-refractivity contribution in [1.82, 2.24) is 10.2 Å². The van der Waals surface area contributed by atoms with Crippen LogP contribution in [0.25, 0.3) is 11.5 Å². The van der Waals surface area contributed by atoms with E-state index in [9.17, 15) is 4.79 Å². The number of carbonyl (C=O) groups excluding carboxylic acids is 1. The van der Waals surface area contributed by atoms with Gasteiger partial charge in [0.05, 0.1) is 11.3 Å². The van der Waals surface area contributed by atoms with Gasteiger partial charge in [0.25, 0.3) is 5.89 Å². The molecule has 0 aliphatic rings. The van der Waals surface area contributed by atoms with Crippen LogP contribution in [-0.4, -0.2) is 21.9 Å². The van der Waals surface area contributed by atoms with E-state index in [1.54, 1.807) is 0 Å². The highest BCUT2D eigenvalue weighted by molar-refractivity contribution is 9.10. The minimum absolute atomic E-state index is 0.0361. The summed E-state index contributed by atoms with van der Waals surface area (Å²) in [6, 6.07) is 17.2. The third kappa shape index (κ3) is 4.46. The number of hydrogen-bond donors (Lipinski definition) is 0. The van der Waals surface area contributed by atoms with Gasteiger partial charge in [0, 0.05) is 9.37 Å². The van der Waals surface area contributed by atoms with Crippen LogP contribution < -0.4 is 0 Å². The van der Waals surface area contributed by atoms with Crippen LogP contribution in [0.3, 0.4) is 0 Å². The van der Waals surface area contributed by atoms with Crippen LogP contribution in [0.1, 0.15) is 5.89 Å². The molecule has 0 unspecified atom stereocenters. The third-order valence-electron chi connectivity index (χ3n) is 3.03. The van der Waals surface area contributed by atoms with E-state index in [1.165, 1.54) is 11.8 Å². The van der Waals surface area contributed by atoms with Crippen LogP contribution in [0, 0.1) is 0 Å². The molecule has 1 heterocycles. The standard InChI is InChI=1S/C17H13BrN2O3S/c18-14-9-5-4-8-13(14)17-20-19-15(23-17)10-22-16(21)11-24-12-6-2-1-3-7-12/h1-9H,10-11H2. The van der Waals surface area contributed by atoms with Gasteiger partial charge in [0.15, 0.2) is 6.61 Å². The SMILES string of the molecule is O=C(CSc1ccccc1)OCc1nnc(-c2ccccc2Br)o1. The van der Waals surface area contributed by atoms with Gasteiger partial charge < -0.3 is 9.15 Å². The molecule has 0 saturated carbocycles. The lowest BCUT2D eigenvalue weighted by molar-refractivity contribution is -0.142. The first-order chi connectivity index (χ1) is 11.7. The second-order valence-electron chi connectivity index (χ2n) is 4.74. The number of halogens is 1. The van der Waals surface area contributed by atoms with Gasteiger partial charge in [-0.25, -0.2) is 0 Å². The Balaban J connectivity index is 1.52. The summed E-state index contributed by atoms with van der Waals surface area (Å²) in [6.45, 7) is -0.0361. The summed E-state index contributed by atoms with van der Waals surface area (Å²) in [5, 5.41) is 7.88. The van der Waals surface area contributed by atoms with Crippen molar-refractivity contribution in [2.45, 2.75) is 11.5 Å². The Morgan fingerprint density at radius 3 is 2.62 bits per heavy atom. The van der Waals surface area contributed by atoms with Gasteiger partial charge in [0.1, 0.15) is 0 Å². The lowest BCUT2D eigenvalue weighted by Gasteiger charge is -2.02. The summed E-state index contributed by atoms with van der Waals surface area (Å²) in [5.41, 5.74) is 0.794. The van der Waals surface area contributed by atoms with Crippen LogP contribution >= 0.6 is 27.7 Å². The van der Waals surface area contributed by atoms with Crippen molar-refractivity contribution >= 4 is 33.7 Å². The second-order valence-corrected chi connectivity index (χ2v) is 6.65. The van der Waals surface area contributed by atoms with E-state index >= 15 is 0 Å². The molecule has 1 aromatic heterocycles. The molecule has 0 radical (unpaired) electrons. The predicted molar refractivity (Wildman–Crippen MR) is 94.4 cm³/mol. The summed E-state index contributed by atoms with van der Waals surface area (Å²) < 4.78 is 11.5. The van der Waals surface area contributed by atoms with E-state index in [4.69, 9.17) is 9.15 Å². The minimum Gasteiger partial charge on any atom is -0.455 e. The molecule has 0 fully saturated rings. The fraction of sp³-hybridized carbons (Fsp3) is 0.118. The van der Waals surface area contributed by atoms with E-state index in [1.807, 2.05) is 54.6 Å². The summed E-state index contributed by atoms with van der Waals surface area (Å²) in [5.74, 6) is 0.547. The Morgan fingerprint density at radius 1 is 1.08 bits per heavy atom. The molecule has 24 heavy (non-hydrogen) atoms. The van der Waals surface area contributed by atoms with Gasteiger partial charge in [-0.2, -0.15) is 0 Å². The van der Waals surface area contributed by atoms with Crippen molar-refractivity contribution in [3.05, 3.63) is 65.0 Å². The van der Waals surface area contributed by atoms with Crippen LogP contribution in [-0.2, 0) is 16.1 Å². The van der Waals surface area contributed by atoms with Crippen LogP contribution in [0.5, 0.6) is 0 Å². The highest BCUT2D eigenvalue weighted by Crippen LogP contribution is 2.26. The molecule has 3 rings (SSSR count). The smallest absolute Gasteiger partial charge is 0.316 e. The zero-order chi connectivity index (χ0) is 16.8. The average molecular weight is 405 g/mol. The van der Waals surface area contributed by atoms with Crippen molar-refractivity contribution in [2.75, 3.05) is 5.75 Å². The maximum Gasteiger partial charge on any atom is 0.316 e. The highest BCUT2D eigenvalue weighted by atomic mass is 79.9. The van der Waals surface area contributed by atoms with Crippen LogP contribution in [0.2, 0.25) is 0 Å². The summed E-state index contributed by atoms with van der Waals surface area (Å²) >= 11 is 4.85. The minimum atomic E-state index is -0.329. The molecule has 0 amide bonds. The quantitative estimate of drug-likeness (QED) is 0.449. The maximum atomic E-state index is 11.8. The van der Waals surface area contributed by atoms with E-state index in [0.717, 1.165) is 14.9 Å². The average Bonchev–Trinajstić information content (AvgIpc) is 3.08. The molecular formula is C17H13BrN2O3S. The first-order valence-electron chi connectivity index (χ1n) is 7.13. The second kappa shape index (κ2) is 8.12. The molecule has 7 heteroatoms. The fourth-order valence-electron chi connectivity index (χ4n) is 1.90. The molecule has 0 atom stereocenters. The summed E-state index contributed by atoms with van der Waals surface area (Å²) in [6.07, 6.45) is 0. The number of thioether (sulfide) groups is 1. The number of carbonyl (C=O) groups is 1. The summed E-state index contributed by atoms with van der Waals surface area (Å²) in [4.78, 5) is 12.8. The Labute approximate surface area is 151 Å². The fourth-order valence-corrected chi connectivity index (χ4v) is 3.07. The largest absolute Gasteiger partial charge is 0.455 e. The molecule has 0 aliphatic carbocycles. The number of aromatic nitrogens is 2. The Hall–Kier alpha value is -2.12. The van der Waals surface area contributed by atoms with E-state index in [2.05, 4.69) is 26.1 Å². The van der Waals surface area contributed by atoms with Crippen molar-refractivity contribution in [3.8, 4) is 11.5 Å². The van der Waals surface area contributed by atoms with Gasteiger partial charge in [-0.15, -0.1) is 22.0 Å². The molecule has 3 aromatic rings. The van der Waals surface area contributed by atoms with Gasteiger partial charge in [-0.05, 0) is 40.2 Å². The molecule has 0 spiro atoms. The number of rotatable bonds is 6. The van der Waals surface area contributed by atoms with Crippen molar-refractivity contribution in [3.63, 3.8) is 0 Å². The van der Waals surface area contributed by atoms with Crippen molar-refractivity contribution in [2.24, 2.45) is 0 Å². The lowest BCUT2D eigenvalue weighted by Crippen LogP contribution is -2.07. The van der Waals surface area contributed by atoms with Gasteiger partial charge in [0.2, 0.25) is 5.89 Å². The van der Waals surface area contributed by atoms with Gasteiger partial charge in [-0.1, -0.05) is 30.3 Å². The number of nitrogens with zero attached hydrogens (tertiary/aromatic N) is 2. The molecule has 122 valence electrons. The van der Waals surface area contributed by atoms with Crippen LogP contribution in [0.4, 0.5) is 0 Å². The first-order valence-corrected chi connectivity index (χ1v) is 8.91. The number of benzene rings is 2. The summed E-state index contributed by atoms with van der Waals surface area (Å²) in [7, 11) is 0. The van der Waals surface area contributed by atoms with Crippen LogP contribution in [0.15, 0.2) is 68.4 Å². The first kappa shape index (κ1) is 16.7. The van der Waals surface area contributed by atoms with E-state index in [0.29, 0.717) is 5.89 Å². The van der Waals surface area contributed by atoms with E-state index in [-0.39, 0.29) is 24.2 Å². The molecule has 0 aliphatic heterocycles. The number of ether oxygens (including phenoxy) is 1. The lowest BCUT2D eigenvalue weighted by atomic mass is 10.2. The van der Waals surface area contributed by atoms with Crippen molar-refractivity contribution < 1.29 is 13.9 Å². The molecule has 2 aromatic carbocycles. The monoisotopic (exact) mass is 404 g/mol. The topological polar surface area (TPSA) is 65.2 Å². The molecule has 0 N–H and O–H groups in total. The van der Waals surface area contributed by atoms with Gasteiger partial charge in [-0.3, -0.25) is 4.79 Å². The molecule has 0 bridgehead atoms. The number of hydrogen-bond acceptors (Lipinski definition) is 6. The normalized spacial score (nSPS) is 10.5. The Kier molecular flexibility index (Phi) is 5.66. The molecule has 5 nitrogen and oxygen atoms in total. The van der Waals surface area contributed by atoms with Crippen molar-refractivity contribution in [1.29, 1.82) is 0 Å². The number of esters is 1. The molecular weight excluding hydrogens is 392 g/mol. The predicted octanol–water partition coefficient (Wildman–Crippen LogP) is 4.33. The van der Waals surface area contributed by atoms with Gasteiger partial charge >= 0.3 is 5.97 Å². The molecule has 0 saturated heterocycles. The Morgan fingerprint density at radius 2 is 1.83 bits per heavy atom. The van der Waals surface area contributed by atoms with E-state index < -0.39 is 0 Å². The highest BCUT2D eigenvalue weighted by Gasteiger charge is 2.13. The zero-order valence-corrected chi connectivity index (χ0v) is 14.9. The maximum absolute atomic E-state index is 11.8.